The Bertz CT molecular complexity index is 422. The Kier molecular flexibility index (Phi) is 6.70. The van der Waals surface area contributed by atoms with E-state index in [1.54, 1.807) is 0 Å². The second-order valence-corrected chi connectivity index (χ2v) is 4.65. The van der Waals surface area contributed by atoms with Crippen molar-refractivity contribution < 1.29 is 4.79 Å². The largest absolute Gasteiger partial charge is 0.351 e. The Labute approximate surface area is 115 Å². The van der Waals surface area contributed by atoms with Crippen molar-refractivity contribution in [3.63, 3.8) is 0 Å². The molecule has 1 amide bonds. The molecule has 0 aromatic heterocycles. The highest BCUT2D eigenvalue weighted by atomic mass is 16.2. The molecular weight excluding hydrogens is 236 g/mol. The number of nitrogens with one attached hydrogen (secondary N) is 1. The first-order chi connectivity index (χ1) is 9.17. The molecule has 0 heterocycles. The van der Waals surface area contributed by atoms with E-state index in [2.05, 4.69) is 11.2 Å². The van der Waals surface area contributed by atoms with Crippen LogP contribution in [0.5, 0.6) is 0 Å². The lowest BCUT2D eigenvalue weighted by molar-refractivity contribution is -0.123. The summed E-state index contributed by atoms with van der Waals surface area (Å²) in [6.07, 6.45) is 8.08. The standard InChI is InChI=1S/C16H22N2O/c1-3-8-14(4-2)18-16(19)15(17)12-11-13-9-6-5-7-10-13/h1,5-7,9-10,14-15H,4,8,11-12,17H2,2H3,(H,18,19)/t14?,15-/m0/s1. The van der Waals surface area contributed by atoms with Gasteiger partial charge >= 0.3 is 0 Å². The van der Waals surface area contributed by atoms with Crippen LogP contribution in [0.1, 0.15) is 31.7 Å². The van der Waals surface area contributed by atoms with Crippen molar-refractivity contribution in [3.05, 3.63) is 35.9 Å². The van der Waals surface area contributed by atoms with E-state index in [0.717, 1.165) is 12.8 Å². The number of hydrogen-bond acceptors (Lipinski definition) is 2. The van der Waals surface area contributed by atoms with Crippen LogP contribution in [0.2, 0.25) is 0 Å². The lowest BCUT2D eigenvalue weighted by Crippen LogP contribution is -2.45. The van der Waals surface area contributed by atoms with Gasteiger partial charge in [0.1, 0.15) is 0 Å². The molecule has 0 aliphatic heterocycles. The number of carbonyl (C=O) groups excluding carboxylic acids is 1. The van der Waals surface area contributed by atoms with Gasteiger partial charge in [-0.1, -0.05) is 37.3 Å². The number of hydrogen-bond donors (Lipinski definition) is 2. The maximum absolute atomic E-state index is 11.9. The molecule has 0 aliphatic rings. The lowest BCUT2D eigenvalue weighted by Gasteiger charge is -2.18. The number of nitrogens with two attached hydrogens (primary N) is 1. The molecule has 0 radical (unpaired) electrons. The molecule has 3 heteroatoms. The molecule has 0 saturated heterocycles. The summed E-state index contributed by atoms with van der Waals surface area (Å²) in [5, 5.41) is 2.90. The minimum absolute atomic E-state index is 0.0280. The van der Waals surface area contributed by atoms with Gasteiger partial charge in [-0.15, -0.1) is 12.3 Å². The van der Waals surface area contributed by atoms with E-state index in [9.17, 15) is 4.79 Å². The zero-order chi connectivity index (χ0) is 14.1. The van der Waals surface area contributed by atoms with E-state index in [4.69, 9.17) is 12.2 Å². The third-order valence-corrected chi connectivity index (χ3v) is 3.13. The topological polar surface area (TPSA) is 55.1 Å². The number of amides is 1. The van der Waals surface area contributed by atoms with Gasteiger partial charge in [0.2, 0.25) is 5.91 Å². The van der Waals surface area contributed by atoms with Crippen LogP contribution in [0, 0.1) is 12.3 Å². The van der Waals surface area contributed by atoms with E-state index in [0.29, 0.717) is 12.8 Å². The van der Waals surface area contributed by atoms with Crippen LogP contribution >= 0.6 is 0 Å². The fourth-order valence-electron chi connectivity index (χ4n) is 1.85. The van der Waals surface area contributed by atoms with E-state index in [1.165, 1.54) is 5.56 Å². The molecule has 1 unspecified atom stereocenters. The highest BCUT2D eigenvalue weighted by Crippen LogP contribution is 2.05. The van der Waals surface area contributed by atoms with Crippen LogP contribution < -0.4 is 11.1 Å². The summed E-state index contributed by atoms with van der Waals surface area (Å²) in [6.45, 7) is 2.00. The van der Waals surface area contributed by atoms with Crippen molar-refractivity contribution in [2.75, 3.05) is 0 Å². The Hall–Kier alpha value is -1.79. The molecule has 0 aliphatic carbocycles. The summed E-state index contributed by atoms with van der Waals surface area (Å²) < 4.78 is 0. The average Bonchev–Trinajstić information content (AvgIpc) is 2.45. The lowest BCUT2D eigenvalue weighted by atomic mass is 10.0. The van der Waals surface area contributed by atoms with Gasteiger partial charge in [-0.25, -0.2) is 0 Å². The van der Waals surface area contributed by atoms with Crippen molar-refractivity contribution >= 4 is 5.91 Å². The molecular formula is C16H22N2O. The first-order valence-corrected chi connectivity index (χ1v) is 6.70. The molecule has 19 heavy (non-hydrogen) atoms. The van der Waals surface area contributed by atoms with Gasteiger partial charge < -0.3 is 11.1 Å². The van der Waals surface area contributed by atoms with Gasteiger partial charge in [0, 0.05) is 12.5 Å². The molecule has 0 fully saturated rings. The monoisotopic (exact) mass is 258 g/mol. The number of aryl methyl sites for hydroxylation is 1. The van der Waals surface area contributed by atoms with Crippen LogP contribution in [0.15, 0.2) is 30.3 Å². The van der Waals surface area contributed by atoms with Crippen molar-refractivity contribution in [2.45, 2.75) is 44.7 Å². The first kappa shape index (κ1) is 15.3. The number of rotatable bonds is 7. The first-order valence-electron chi connectivity index (χ1n) is 6.70. The summed E-state index contributed by atoms with van der Waals surface area (Å²) >= 11 is 0. The second kappa shape index (κ2) is 8.34. The van der Waals surface area contributed by atoms with Gasteiger partial charge in [0.15, 0.2) is 0 Å². The highest BCUT2D eigenvalue weighted by Gasteiger charge is 2.16. The zero-order valence-electron chi connectivity index (χ0n) is 11.4. The number of terminal acetylenes is 1. The van der Waals surface area contributed by atoms with E-state index in [-0.39, 0.29) is 11.9 Å². The van der Waals surface area contributed by atoms with E-state index >= 15 is 0 Å². The minimum Gasteiger partial charge on any atom is -0.351 e. The average molecular weight is 258 g/mol. The molecule has 1 rings (SSSR count). The van der Waals surface area contributed by atoms with E-state index in [1.807, 2.05) is 37.3 Å². The molecule has 1 aromatic carbocycles. The molecule has 2 atom stereocenters. The Morgan fingerprint density at radius 2 is 2.11 bits per heavy atom. The summed E-state index contributed by atoms with van der Waals surface area (Å²) in [5.41, 5.74) is 7.10. The van der Waals surface area contributed by atoms with Crippen LogP contribution in [0.4, 0.5) is 0 Å². The van der Waals surface area contributed by atoms with Crippen LogP contribution in [0.3, 0.4) is 0 Å². The Morgan fingerprint density at radius 3 is 2.68 bits per heavy atom. The summed E-state index contributed by atoms with van der Waals surface area (Å²) in [7, 11) is 0. The summed E-state index contributed by atoms with van der Waals surface area (Å²) in [6, 6.07) is 9.58. The highest BCUT2D eigenvalue weighted by molar-refractivity contribution is 5.81. The molecule has 0 saturated carbocycles. The van der Waals surface area contributed by atoms with Crippen molar-refractivity contribution in [1.82, 2.24) is 5.32 Å². The van der Waals surface area contributed by atoms with Gasteiger partial charge in [-0.2, -0.15) is 0 Å². The van der Waals surface area contributed by atoms with Crippen LogP contribution in [0.25, 0.3) is 0 Å². The molecule has 3 N–H and O–H groups in total. The third kappa shape index (κ3) is 5.58. The summed E-state index contributed by atoms with van der Waals surface area (Å²) in [4.78, 5) is 11.9. The van der Waals surface area contributed by atoms with Crippen molar-refractivity contribution in [2.24, 2.45) is 5.73 Å². The minimum atomic E-state index is -0.480. The molecule has 102 valence electrons. The fourth-order valence-corrected chi connectivity index (χ4v) is 1.85. The quantitative estimate of drug-likeness (QED) is 0.734. The van der Waals surface area contributed by atoms with Gasteiger partial charge in [-0.05, 0) is 24.8 Å². The smallest absolute Gasteiger partial charge is 0.237 e. The molecule has 0 spiro atoms. The Morgan fingerprint density at radius 1 is 1.42 bits per heavy atom. The van der Waals surface area contributed by atoms with Crippen molar-refractivity contribution in [3.8, 4) is 12.3 Å². The predicted octanol–water partition coefficient (Wildman–Crippen LogP) is 1.86. The van der Waals surface area contributed by atoms with Crippen LogP contribution in [-0.2, 0) is 11.2 Å². The number of carbonyl (C=O) groups is 1. The SMILES string of the molecule is C#CCC(CC)NC(=O)[C@@H](N)CCc1ccccc1. The fraction of sp³-hybridized carbons (Fsp3) is 0.438. The maximum Gasteiger partial charge on any atom is 0.237 e. The summed E-state index contributed by atoms with van der Waals surface area (Å²) in [5.74, 6) is 2.45. The number of benzene rings is 1. The third-order valence-electron chi connectivity index (χ3n) is 3.13. The van der Waals surface area contributed by atoms with Crippen molar-refractivity contribution in [1.29, 1.82) is 0 Å². The Balaban J connectivity index is 2.38. The van der Waals surface area contributed by atoms with Crippen LogP contribution in [-0.4, -0.2) is 18.0 Å². The molecule has 1 aromatic rings. The van der Waals surface area contributed by atoms with Gasteiger partial charge in [0.05, 0.1) is 6.04 Å². The second-order valence-electron chi connectivity index (χ2n) is 4.65. The molecule has 3 nitrogen and oxygen atoms in total. The van der Waals surface area contributed by atoms with Gasteiger partial charge in [-0.3, -0.25) is 4.79 Å². The zero-order valence-corrected chi connectivity index (χ0v) is 11.4. The predicted molar refractivity (Wildman–Crippen MR) is 78.4 cm³/mol. The maximum atomic E-state index is 11.9. The normalized spacial score (nSPS) is 13.3. The van der Waals surface area contributed by atoms with Gasteiger partial charge in [0.25, 0.3) is 0 Å². The molecule has 0 bridgehead atoms. The van der Waals surface area contributed by atoms with E-state index < -0.39 is 6.04 Å².